The SMILES string of the molecule is CC1c2cc(NS(=O)(=O)c3cccs3)ccc2NC(=S)OC1(C)C. The average Bonchev–Trinajstić information content (AvgIpc) is 2.99. The van der Waals surface area contributed by atoms with Crippen molar-refractivity contribution in [3.63, 3.8) is 0 Å². The first-order chi connectivity index (χ1) is 11.2. The summed E-state index contributed by atoms with van der Waals surface area (Å²) in [5.41, 5.74) is 1.79. The van der Waals surface area contributed by atoms with Gasteiger partial charge in [0.2, 0.25) is 0 Å². The van der Waals surface area contributed by atoms with E-state index < -0.39 is 15.6 Å². The van der Waals surface area contributed by atoms with Crippen LogP contribution in [-0.2, 0) is 14.8 Å². The number of hydrogen-bond acceptors (Lipinski definition) is 5. The maximum absolute atomic E-state index is 12.4. The molecule has 2 aromatic rings. The second-order valence-corrected chi connectivity index (χ2v) is 9.41. The molecular formula is C16H18N2O3S3. The van der Waals surface area contributed by atoms with E-state index in [4.69, 9.17) is 17.0 Å². The number of ether oxygens (including phenoxy) is 1. The first-order valence-electron chi connectivity index (χ1n) is 7.39. The minimum atomic E-state index is -3.57. The van der Waals surface area contributed by atoms with E-state index in [-0.39, 0.29) is 10.1 Å². The maximum atomic E-state index is 12.4. The van der Waals surface area contributed by atoms with Gasteiger partial charge in [-0.15, -0.1) is 11.3 Å². The van der Waals surface area contributed by atoms with Crippen molar-refractivity contribution in [2.75, 3.05) is 10.0 Å². The highest BCUT2D eigenvalue weighted by Crippen LogP contribution is 2.39. The molecule has 0 aliphatic carbocycles. The summed E-state index contributed by atoms with van der Waals surface area (Å²) >= 11 is 6.38. The molecule has 2 N–H and O–H groups in total. The van der Waals surface area contributed by atoms with Gasteiger partial charge in [-0.25, -0.2) is 8.42 Å². The van der Waals surface area contributed by atoms with Crippen LogP contribution in [0.25, 0.3) is 0 Å². The Morgan fingerprint density at radius 2 is 2.08 bits per heavy atom. The van der Waals surface area contributed by atoms with Gasteiger partial charge in [-0.05, 0) is 61.3 Å². The predicted octanol–water partition coefficient (Wildman–Crippen LogP) is 4.16. The highest BCUT2D eigenvalue weighted by atomic mass is 32.2. The fourth-order valence-corrected chi connectivity index (χ4v) is 4.92. The van der Waals surface area contributed by atoms with E-state index in [9.17, 15) is 8.42 Å². The number of rotatable bonds is 3. The highest BCUT2D eigenvalue weighted by molar-refractivity contribution is 7.94. The van der Waals surface area contributed by atoms with Crippen molar-refractivity contribution < 1.29 is 13.2 Å². The average molecular weight is 383 g/mol. The molecule has 0 amide bonds. The summed E-state index contributed by atoms with van der Waals surface area (Å²) in [6, 6.07) is 8.65. The normalized spacial score (nSPS) is 19.6. The second-order valence-electron chi connectivity index (χ2n) is 6.18. The van der Waals surface area contributed by atoms with Crippen LogP contribution < -0.4 is 10.0 Å². The van der Waals surface area contributed by atoms with Crippen LogP contribution in [0.1, 0.15) is 32.3 Å². The van der Waals surface area contributed by atoms with Crippen molar-refractivity contribution >= 4 is 50.1 Å². The van der Waals surface area contributed by atoms with E-state index in [1.165, 1.54) is 11.3 Å². The van der Waals surface area contributed by atoms with Gasteiger partial charge >= 0.3 is 0 Å². The number of thiocarbonyl (C=S) groups is 1. The van der Waals surface area contributed by atoms with Crippen LogP contribution in [-0.4, -0.2) is 19.2 Å². The van der Waals surface area contributed by atoms with Crippen LogP contribution in [0.2, 0.25) is 0 Å². The Labute approximate surface area is 151 Å². The fourth-order valence-electron chi connectivity index (χ4n) is 2.56. The van der Waals surface area contributed by atoms with Crippen molar-refractivity contribution in [3.05, 3.63) is 41.3 Å². The van der Waals surface area contributed by atoms with Gasteiger partial charge in [0.1, 0.15) is 9.81 Å². The molecule has 1 aromatic heterocycles. The summed E-state index contributed by atoms with van der Waals surface area (Å²) in [6.45, 7) is 5.96. The van der Waals surface area contributed by atoms with Crippen molar-refractivity contribution in [3.8, 4) is 0 Å². The molecule has 1 aliphatic rings. The van der Waals surface area contributed by atoms with Gasteiger partial charge in [-0.3, -0.25) is 4.72 Å². The predicted molar refractivity (Wildman–Crippen MR) is 101 cm³/mol. The third-order valence-corrected chi connectivity index (χ3v) is 7.13. The minimum absolute atomic E-state index is 0.0200. The summed E-state index contributed by atoms with van der Waals surface area (Å²) in [5, 5.41) is 5.11. The van der Waals surface area contributed by atoms with E-state index in [0.717, 1.165) is 11.3 Å². The van der Waals surface area contributed by atoms with Crippen LogP contribution in [0.4, 0.5) is 11.4 Å². The summed E-state index contributed by atoms with van der Waals surface area (Å²) < 4.78 is 33.5. The minimum Gasteiger partial charge on any atom is -0.464 e. The molecule has 3 rings (SSSR count). The molecule has 0 radical (unpaired) electrons. The molecule has 128 valence electrons. The first-order valence-corrected chi connectivity index (χ1v) is 10.2. The number of anilines is 2. The number of fused-ring (bicyclic) bond motifs is 1. The van der Waals surface area contributed by atoms with Gasteiger partial charge in [-0.1, -0.05) is 13.0 Å². The van der Waals surface area contributed by atoms with E-state index in [1.807, 2.05) is 32.9 Å². The third-order valence-electron chi connectivity index (χ3n) is 4.17. The molecule has 1 aromatic carbocycles. The fraction of sp³-hybridized carbons (Fsp3) is 0.312. The molecule has 1 atom stereocenters. The van der Waals surface area contributed by atoms with E-state index in [2.05, 4.69) is 10.0 Å². The number of thiophene rings is 1. The quantitative estimate of drug-likeness (QED) is 0.780. The van der Waals surface area contributed by atoms with Crippen molar-refractivity contribution in [1.82, 2.24) is 0 Å². The molecule has 0 saturated carbocycles. The molecule has 0 fully saturated rings. The summed E-state index contributed by atoms with van der Waals surface area (Å²) in [4.78, 5) is 0. The molecule has 0 spiro atoms. The van der Waals surface area contributed by atoms with Crippen molar-refractivity contribution in [2.24, 2.45) is 0 Å². The Balaban J connectivity index is 1.98. The standard InChI is InChI=1S/C16H18N2O3S3/c1-10-12-9-11(18-24(19,20)14-5-4-8-23-14)6-7-13(12)17-15(22)21-16(10,2)3/h4-10,18H,1-3H3,(H,17,22). The number of benzene rings is 1. The Morgan fingerprint density at radius 3 is 2.75 bits per heavy atom. The number of nitrogens with one attached hydrogen (secondary N) is 2. The highest BCUT2D eigenvalue weighted by Gasteiger charge is 2.34. The van der Waals surface area contributed by atoms with Crippen LogP contribution in [0.3, 0.4) is 0 Å². The van der Waals surface area contributed by atoms with Crippen molar-refractivity contribution in [1.29, 1.82) is 0 Å². The Morgan fingerprint density at radius 1 is 1.33 bits per heavy atom. The zero-order valence-electron chi connectivity index (χ0n) is 13.5. The van der Waals surface area contributed by atoms with Crippen LogP contribution in [0, 0.1) is 0 Å². The molecule has 1 unspecified atom stereocenters. The van der Waals surface area contributed by atoms with E-state index in [0.29, 0.717) is 10.9 Å². The van der Waals surface area contributed by atoms with Gasteiger partial charge < -0.3 is 10.1 Å². The molecule has 1 aliphatic heterocycles. The molecule has 0 saturated heterocycles. The number of hydrogen-bond donors (Lipinski definition) is 2. The third kappa shape index (κ3) is 3.26. The van der Waals surface area contributed by atoms with Crippen LogP contribution >= 0.6 is 23.6 Å². The zero-order valence-corrected chi connectivity index (χ0v) is 15.9. The second kappa shape index (κ2) is 6.02. The van der Waals surface area contributed by atoms with Gasteiger partial charge in [0.05, 0.1) is 0 Å². The molecule has 2 heterocycles. The molecule has 8 heteroatoms. The Hall–Kier alpha value is -1.64. The van der Waals surface area contributed by atoms with Crippen LogP contribution in [0.15, 0.2) is 39.9 Å². The van der Waals surface area contributed by atoms with Gasteiger partial charge in [-0.2, -0.15) is 0 Å². The molecular weight excluding hydrogens is 364 g/mol. The Kier molecular flexibility index (Phi) is 4.31. The molecule has 24 heavy (non-hydrogen) atoms. The molecule has 5 nitrogen and oxygen atoms in total. The summed E-state index contributed by atoms with van der Waals surface area (Å²) in [7, 11) is -3.57. The molecule has 0 bridgehead atoms. The lowest BCUT2D eigenvalue weighted by Crippen LogP contribution is -2.32. The van der Waals surface area contributed by atoms with E-state index >= 15 is 0 Å². The number of sulfonamides is 1. The topological polar surface area (TPSA) is 67.4 Å². The van der Waals surface area contributed by atoms with Gasteiger partial charge in [0, 0.05) is 17.3 Å². The summed E-state index contributed by atoms with van der Waals surface area (Å²) in [5.74, 6) is 0.0200. The lowest BCUT2D eigenvalue weighted by atomic mass is 9.85. The summed E-state index contributed by atoms with van der Waals surface area (Å²) in [6.07, 6.45) is 0. The monoisotopic (exact) mass is 382 g/mol. The van der Waals surface area contributed by atoms with Gasteiger partial charge in [0.25, 0.3) is 15.2 Å². The smallest absolute Gasteiger partial charge is 0.271 e. The lowest BCUT2D eigenvalue weighted by Gasteiger charge is -2.30. The zero-order chi connectivity index (χ0) is 17.5. The maximum Gasteiger partial charge on any atom is 0.271 e. The van der Waals surface area contributed by atoms with Crippen LogP contribution in [0.5, 0.6) is 0 Å². The first kappa shape index (κ1) is 17.2. The lowest BCUT2D eigenvalue weighted by molar-refractivity contribution is 0.0773. The Bertz CT molecular complexity index is 874. The van der Waals surface area contributed by atoms with Crippen molar-refractivity contribution in [2.45, 2.75) is 36.5 Å². The van der Waals surface area contributed by atoms with Gasteiger partial charge in [0.15, 0.2) is 0 Å². The van der Waals surface area contributed by atoms with E-state index in [1.54, 1.807) is 23.6 Å². The largest absolute Gasteiger partial charge is 0.464 e.